The molecule has 2 heterocycles. The highest BCUT2D eigenvalue weighted by molar-refractivity contribution is 6.31. The van der Waals surface area contributed by atoms with E-state index in [1.165, 1.54) is 0 Å². The first-order chi connectivity index (χ1) is 7.64. The zero-order valence-corrected chi connectivity index (χ0v) is 9.10. The maximum absolute atomic E-state index is 12.0. The van der Waals surface area contributed by atoms with E-state index in [1.807, 2.05) is 0 Å². The fourth-order valence-corrected chi connectivity index (χ4v) is 2.60. The Hall–Kier alpha value is -1.55. The van der Waals surface area contributed by atoms with Crippen molar-refractivity contribution in [2.75, 3.05) is 11.9 Å². The van der Waals surface area contributed by atoms with E-state index in [2.05, 4.69) is 10.6 Å². The van der Waals surface area contributed by atoms with Crippen molar-refractivity contribution in [3.63, 3.8) is 0 Å². The zero-order valence-electron chi connectivity index (χ0n) is 8.34. The third-order valence-electron chi connectivity index (χ3n) is 3.25. The number of anilines is 1. The van der Waals surface area contributed by atoms with Crippen molar-refractivity contribution in [2.45, 2.75) is 11.8 Å². The summed E-state index contributed by atoms with van der Waals surface area (Å²) in [6.45, 7) is 0.526. The highest BCUT2D eigenvalue weighted by atomic mass is 35.5. The van der Waals surface area contributed by atoms with Crippen LogP contribution in [0.3, 0.4) is 0 Å². The highest BCUT2D eigenvalue weighted by Gasteiger charge is 2.55. The van der Waals surface area contributed by atoms with E-state index >= 15 is 0 Å². The van der Waals surface area contributed by atoms with Crippen LogP contribution in [0.25, 0.3) is 0 Å². The molecule has 1 fully saturated rings. The van der Waals surface area contributed by atoms with Gasteiger partial charge in [-0.05, 0) is 24.6 Å². The first-order valence-corrected chi connectivity index (χ1v) is 5.42. The average molecular weight is 237 g/mol. The Morgan fingerprint density at radius 1 is 1.25 bits per heavy atom. The van der Waals surface area contributed by atoms with Crippen molar-refractivity contribution in [1.82, 2.24) is 5.32 Å². The molecule has 0 aromatic heterocycles. The SMILES string of the molecule is O=C1NCCC12C(=O)Nc1ccc(Cl)cc12. The molecular formula is C11H9ClN2O2. The minimum absolute atomic E-state index is 0.231. The Morgan fingerprint density at radius 3 is 2.75 bits per heavy atom. The van der Waals surface area contributed by atoms with E-state index in [0.29, 0.717) is 29.2 Å². The highest BCUT2D eigenvalue weighted by Crippen LogP contribution is 2.43. The Kier molecular flexibility index (Phi) is 1.80. The number of carbonyl (C=O) groups is 2. The molecule has 1 saturated heterocycles. The summed E-state index contributed by atoms with van der Waals surface area (Å²) >= 11 is 5.91. The molecule has 1 spiro atoms. The fraction of sp³-hybridized carbons (Fsp3) is 0.273. The van der Waals surface area contributed by atoms with Crippen molar-refractivity contribution in [3.05, 3.63) is 28.8 Å². The molecule has 1 aromatic carbocycles. The number of carbonyl (C=O) groups excluding carboxylic acids is 2. The summed E-state index contributed by atoms with van der Waals surface area (Å²) in [4.78, 5) is 23.8. The van der Waals surface area contributed by atoms with Gasteiger partial charge in [0.15, 0.2) is 5.41 Å². The van der Waals surface area contributed by atoms with Gasteiger partial charge in [-0.25, -0.2) is 0 Å². The molecule has 2 aliphatic heterocycles. The minimum atomic E-state index is -1.06. The van der Waals surface area contributed by atoms with Crippen LogP contribution >= 0.6 is 11.6 Å². The molecule has 2 amide bonds. The lowest BCUT2D eigenvalue weighted by atomic mass is 9.80. The third-order valence-corrected chi connectivity index (χ3v) is 3.49. The molecule has 16 heavy (non-hydrogen) atoms. The van der Waals surface area contributed by atoms with Crippen molar-refractivity contribution in [1.29, 1.82) is 0 Å². The van der Waals surface area contributed by atoms with Crippen LogP contribution in [0.4, 0.5) is 5.69 Å². The molecule has 0 aliphatic carbocycles. The van der Waals surface area contributed by atoms with E-state index in [9.17, 15) is 9.59 Å². The second kappa shape index (κ2) is 2.98. The van der Waals surface area contributed by atoms with E-state index < -0.39 is 5.41 Å². The Balaban J connectivity index is 2.25. The monoisotopic (exact) mass is 236 g/mol. The zero-order chi connectivity index (χ0) is 11.3. The maximum atomic E-state index is 12.0. The van der Waals surface area contributed by atoms with Crippen molar-refractivity contribution < 1.29 is 9.59 Å². The molecule has 2 aliphatic rings. The predicted molar refractivity (Wildman–Crippen MR) is 59.4 cm³/mol. The summed E-state index contributed by atoms with van der Waals surface area (Å²) in [6.07, 6.45) is 0.491. The van der Waals surface area contributed by atoms with Crippen LogP contribution in [0.2, 0.25) is 5.02 Å². The molecule has 2 N–H and O–H groups in total. The van der Waals surface area contributed by atoms with Gasteiger partial charge in [-0.2, -0.15) is 0 Å². The first kappa shape index (κ1) is 9.66. The molecule has 4 nitrogen and oxygen atoms in total. The van der Waals surface area contributed by atoms with Crippen LogP contribution in [0.1, 0.15) is 12.0 Å². The largest absolute Gasteiger partial charge is 0.355 e. The van der Waals surface area contributed by atoms with Crippen LogP contribution < -0.4 is 10.6 Å². The Bertz CT molecular complexity index is 515. The second-order valence-electron chi connectivity index (χ2n) is 4.06. The Morgan fingerprint density at radius 2 is 2.06 bits per heavy atom. The molecule has 1 atom stereocenters. The minimum Gasteiger partial charge on any atom is -0.355 e. The molecule has 1 aromatic rings. The number of hydrogen-bond donors (Lipinski definition) is 2. The van der Waals surface area contributed by atoms with Gasteiger partial charge in [0.1, 0.15) is 0 Å². The smallest absolute Gasteiger partial charge is 0.244 e. The van der Waals surface area contributed by atoms with E-state index in [-0.39, 0.29) is 11.8 Å². The van der Waals surface area contributed by atoms with Gasteiger partial charge in [0.2, 0.25) is 11.8 Å². The van der Waals surface area contributed by atoms with Crippen molar-refractivity contribution in [3.8, 4) is 0 Å². The first-order valence-electron chi connectivity index (χ1n) is 5.04. The summed E-state index contributed by atoms with van der Waals surface area (Å²) in [5.74, 6) is -0.481. The lowest BCUT2D eigenvalue weighted by molar-refractivity contribution is -0.131. The normalized spacial score (nSPS) is 26.8. The number of halogens is 1. The van der Waals surface area contributed by atoms with Gasteiger partial charge in [0.05, 0.1) is 0 Å². The van der Waals surface area contributed by atoms with Gasteiger partial charge in [0.25, 0.3) is 0 Å². The van der Waals surface area contributed by atoms with E-state index in [0.717, 1.165) is 0 Å². The van der Waals surface area contributed by atoms with Crippen LogP contribution in [0.15, 0.2) is 18.2 Å². The number of nitrogens with one attached hydrogen (secondary N) is 2. The molecule has 3 rings (SSSR count). The maximum Gasteiger partial charge on any atom is 0.244 e. The molecule has 1 unspecified atom stereocenters. The molecular weight excluding hydrogens is 228 g/mol. The van der Waals surface area contributed by atoms with Gasteiger partial charge in [0, 0.05) is 22.8 Å². The number of rotatable bonds is 0. The topological polar surface area (TPSA) is 58.2 Å². The molecule has 82 valence electrons. The van der Waals surface area contributed by atoms with E-state index in [1.54, 1.807) is 18.2 Å². The summed E-state index contributed by atoms with van der Waals surface area (Å²) in [7, 11) is 0. The van der Waals surface area contributed by atoms with Crippen LogP contribution in [0, 0.1) is 0 Å². The number of hydrogen-bond acceptors (Lipinski definition) is 2. The molecule has 0 saturated carbocycles. The summed E-state index contributed by atoms with van der Waals surface area (Å²) < 4.78 is 0. The average Bonchev–Trinajstić information content (AvgIpc) is 2.75. The number of fused-ring (bicyclic) bond motifs is 2. The number of amides is 2. The third kappa shape index (κ3) is 0.998. The van der Waals surface area contributed by atoms with Gasteiger partial charge in [-0.3, -0.25) is 9.59 Å². The van der Waals surface area contributed by atoms with E-state index in [4.69, 9.17) is 11.6 Å². The standard InChI is InChI=1S/C11H9ClN2O2/c12-6-1-2-8-7(5-6)11(10(16)14-8)3-4-13-9(11)15/h1-2,5H,3-4H2,(H,13,15)(H,14,16). The van der Waals surface area contributed by atoms with Crippen molar-refractivity contribution >= 4 is 29.1 Å². The lowest BCUT2D eigenvalue weighted by Crippen LogP contribution is -2.41. The quantitative estimate of drug-likeness (QED) is 0.662. The predicted octanol–water partition coefficient (Wildman–Crippen LogP) is 1.05. The second-order valence-corrected chi connectivity index (χ2v) is 4.49. The van der Waals surface area contributed by atoms with Gasteiger partial charge in [-0.1, -0.05) is 11.6 Å². The fourth-order valence-electron chi connectivity index (χ4n) is 2.43. The molecule has 0 radical (unpaired) electrons. The van der Waals surface area contributed by atoms with Gasteiger partial charge < -0.3 is 10.6 Å². The lowest BCUT2D eigenvalue weighted by Gasteiger charge is -2.17. The van der Waals surface area contributed by atoms with Crippen LogP contribution in [0.5, 0.6) is 0 Å². The number of benzene rings is 1. The summed E-state index contributed by atoms with van der Waals surface area (Å²) in [5.41, 5.74) is 0.326. The molecule has 5 heteroatoms. The van der Waals surface area contributed by atoms with Crippen LogP contribution in [-0.2, 0) is 15.0 Å². The van der Waals surface area contributed by atoms with Gasteiger partial charge >= 0.3 is 0 Å². The van der Waals surface area contributed by atoms with Crippen molar-refractivity contribution in [2.24, 2.45) is 0 Å². The summed E-state index contributed by atoms with van der Waals surface area (Å²) in [5, 5.41) is 5.97. The van der Waals surface area contributed by atoms with Gasteiger partial charge in [-0.15, -0.1) is 0 Å². The van der Waals surface area contributed by atoms with Crippen LogP contribution in [-0.4, -0.2) is 18.4 Å². The Labute approximate surface area is 97.0 Å². The summed E-state index contributed by atoms with van der Waals surface area (Å²) in [6, 6.07) is 5.13. The molecule has 0 bridgehead atoms.